The van der Waals surface area contributed by atoms with Crippen molar-refractivity contribution in [1.82, 2.24) is 9.80 Å². The maximum absolute atomic E-state index is 12.6. The summed E-state index contributed by atoms with van der Waals surface area (Å²) in [5, 5.41) is 1.38. The van der Waals surface area contributed by atoms with E-state index in [2.05, 4.69) is 0 Å². The topological polar surface area (TPSA) is 91.8 Å². The molecule has 2 aliphatic rings. The molecule has 0 radical (unpaired) electrons. The number of carbonyl (C=O) groups is 3. The number of imide groups is 1. The van der Waals surface area contributed by atoms with Crippen LogP contribution in [0.1, 0.15) is 18.2 Å². The lowest BCUT2D eigenvalue weighted by Gasteiger charge is -2.28. The number of amides is 3. The summed E-state index contributed by atoms with van der Waals surface area (Å²) in [5.74, 6) is -0.898. The van der Waals surface area contributed by atoms with Crippen LogP contribution in [0.15, 0.2) is 22.4 Å². The molecule has 3 heterocycles. The fourth-order valence-corrected chi connectivity index (χ4v) is 6.32. The zero-order chi connectivity index (χ0) is 18.9. The van der Waals surface area contributed by atoms with E-state index < -0.39 is 26.9 Å². The molecule has 0 N–H and O–H groups in total. The Morgan fingerprint density at radius 1 is 1.42 bits per heavy atom. The number of hydrogen-bond acceptors (Lipinski definition) is 7. The fraction of sp³-hybridized carbons (Fsp3) is 0.438. The highest BCUT2D eigenvalue weighted by Gasteiger charge is 2.39. The minimum atomic E-state index is -3.12. The number of carbonyl (C=O) groups excluding carboxylic acids is 3. The van der Waals surface area contributed by atoms with Crippen LogP contribution >= 0.6 is 23.1 Å². The molecule has 2 aliphatic heterocycles. The van der Waals surface area contributed by atoms with Gasteiger partial charge in [0.2, 0.25) is 5.91 Å². The third-order valence-corrected chi connectivity index (χ3v) is 7.77. The number of thiophene rings is 1. The van der Waals surface area contributed by atoms with Crippen LogP contribution in [0.25, 0.3) is 6.08 Å². The molecule has 0 aromatic carbocycles. The Kier molecular flexibility index (Phi) is 5.54. The zero-order valence-corrected chi connectivity index (χ0v) is 16.5. The molecule has 0 bridgehead atoms. The van der Waals surface area contributed by atoms with Crippen molar-refractivity contribution >= 4 is 56.1 Å². The highest BCUT2D eigenvalue weighted by Crippen LogP contribution is 2.33. The number of thioether (sulfide) groups is 1. The van der Waals surface area contributed by atoms with Crippen molar-refractivity contribution in [2.75, 3.05) is 24.6 Å². The van der Waals surface area contributed by atoms with Gasteiger partial charge < -0.3 is 4.90 Å². The summed E-state index contributed by atoms with van der Waals surface area (Å²) in [6.07, 6.45) is 2.03. The van der Waals surface area contributed by atoms with Gasteiger partial charge in [-0.05, 0) is 42.6 Å². The second kappa shape index (κ2) is 7.53. The Labute approximate surface area is 160 Å². The predicted molar refractivity (Wildman–Crippen MR) is 101 cm³/mol. The fourth-order valence-electron chi connectivity index (χ4n) is 3.02. The summed E-state index contributed by atoms with van der Waals surface area (Å²) >= 11 is 2.26. The lowest BCUT2D eigenvalue weighted by atomic mass is 10.2. The van der Waals surface area contributed by atoms with Crippen molar-refractivity contribution < 1.29 is 22.8 Å². The van der Waals surface area contributed by atoms with Crippen LogP contribution in [-0.4, -0.2) is 65.9 Å². The summed E-state index contributed by atoms with van der Waals surface area (Å²) in [6.45, 7) is 1.73. The lowest BCUT2D eigenvalue weighted by Crippen LogP contribution is -2.47. The van der Waals surface area contributed by atoms with Crippen molar-refractivity contribution in [3.63, 3.8) is 0 Å². The number of rotatable bonds is 5. The van der Waals surface area contributed by atoms with E-state index in [9.17, 15) is 22.8 Å². The van der Waals surface area contributed by atoms with Crippen molar-refractivity contribution in [3.8, 4) is 0 Å². The largest absolute Gasteiger partial charge is 0.337 e. The summed E-state index contributed by atoms with van der Waals surface area (Å²) in [5.41, 5.74) is 0. The highest BCUT2D eigenvalue weighted by molar-refractivity contribution is 8.18. The standard InChI is InChI=1S/C16H18N2O5S3/c1-2-17(11-5-7-26(22,23)10-11)14(19)9-18-15(20)13(25-16(18)21)8-12-4-3-6-24-12/h3-4,6,8,11H,2,5,7,9-10H2,1H3/b13-8-/t11-/m0/s1. The van der Waals surface area contributed by atoms with Crippen LogP contribution in [0.5, 0.6) is 0 Å². The Balaban J connectivity index is 1.70. The minimum Gasteiger partial charge on any atom is -0.337 e. The molecule has 26 heavy (non-hydrogen) atoms. The van der Waals surface area contributed by atoms with E-state index in [1.54, 1.807) is 13.0 Å². The molecule has 2 saturated heterocycles. The van der Waals surface area contributed by atoms with E-state index in [1.807, 2.05) is 17.5 Å². The summed E-state index contributed by atoms with van der Waals surface area (Å²) in [4.78, 5) is 40.8. The zero-order valence-electron chi connectivity index (χ0n) is 14.1. The van der Waals surface area contributed by atoms with Crippen LogP contribution in [0.3, 0.4) is 0 Å². The average molecular weight is 415 g/mol. The Hall–Kier alpha value is -1.65. The van der Waals surface area contributed by atoms with Crippen molar-refractivity contribution in [1.29, 1.82) is 0 Å². The van der Waals surface area contributed by atoms with Crippen LogP contribution in [0.2, 0.25) is 0 Å². The van der Waals surface area contributed by atoms with Gasteiger partial charge in [0.05, 0.1) is 16.4 Å². The number of nitrogens with zero attached hydrogens (tertiary/aromatic N) is 2. The van der Waals surface area contributed by atoms with Crippen molar-refractivity contribution in [2.24, 2.45) is 0 Å². The number of hydrogen-bond donors (Lipinski definition) is 0. The maximum Gasteiger partial charge on any atom is 0.294 e. The molecular formula is C16H18N2O5S3. The lowest BCUT2D eigenvalue weighted by molar-refractivity contribution is -0.137. The van der Waals surface area contributed by atoms with Gasteiger partial charge in [0.25, 0.3) is 11.1 Å². The number of likely N-dealkylation sites (N-methyl/N-ethyl adjacent to an activating group) is 1. The second-order valence-electron chi connectivity index (χ2n) is 6.02. The van der Waals surface area contributed by atoms with Gasteiger partial charge in [-0.15, -0.1) is 11.3 Å². The van der Waals surface area contributed by atoms with Crippen LogP contribution in [0, 0.1) is 0 Å². The molecule has 1 atom stereocenters. The van der Waals surface area contributed by atoms with Gasteiger partial charge in [-0.3, -0.25) is 19.3 Å². The summed E-state index contributed by atoms with van der Waals surface area (Å²) in [6, 6.07) is 3.29. The molecule has 0 saturated carbocycles. The van der Waals surface area contributed by atoms with Gasteiger partial charge >= 0.3 is 0 Å². The molecule has 0 aliphatic carbocycles. The third kappa shape index (κ3) is 4.02. The van der Waals surface area contributed by atoms with Crippen molar-refractivity contribution in [2.45, 2.75) is 19.4 Å². The van der Waals surface area contributed by atoms with Gasteiger partial charge in [-0.25, -0.2) is 8.42 Å². The molecule has 0 spiro atoms. The Bertz CT molecular complexity index is 860. The number of sulfone groups is 1. The van der Waals surface area contributed by atoms with E-state index in [-0.39, 0.29) is 29.0 Å². The van der Waals surface area contributed by atoms with E-state index in [0.717, 1.165) is 21.5 Å². The summed E-state index contributed by atoms with van der Waals surface area (Å²) < 4.78 is 23.3. The first-order valence-corrected chi connectivity index (χ1v) is 11.6. The Morgan fingerprint density at radius 3 is 2.77 bits per heavy atom. The monoisotopic (exact) mass is 414 g/mol. The van der Waals surface area contributed by atoms with Gasteiger partial charge in [0.15, 0.2) is 9.84 Å². The van der Waals surface area contributed by atoms with E-state index >= 15 is 0 Å². The maximum atomic E-state index is 12.6. The molecule has 1 aromatic rings. The van der Waals surface area contributed by atoms with Crippen LogP contribution in [0.4, 0.5) is 4.79 Å². The van der Waals surface area contributed by atoms with Crippen LogP contribution in [-0.2, 0) is 19.4 Å². The smallest absolute Gasteiger partial charge is 0.294 e. The second-order valence-corrected chi connectivity index (χ2v) is 10.2. The average Bonchev–Trinajstić information content (AvgIpc) is 3.26. The predicted octanol–water partition coefficient (Wildman–Crippen LogP) is 1.82. The molecule has 1 aromatic heterocycles. The molecule has 7 nitrogen and oxygen atoms in total. The van der Waals surface area contributed by atoms with Gasteiger partial charge in [0, 0.05) is 17.5 Å². The van der Waals surface area contributed by atoms with E-state index in [1.165, 1.54) is 16.2 Å². The summed E-state index contributed by atoms with van der Waals surface area (Å²) in [7, 11) is -3.12. The molecule has 10 heteroatoms. The highest BCUT2D eigenvalue weighted by atomic mass is 32.2. The van der Waals surface area contributed by atoms with Gasteiger partial charge in [-0.1, -0.05) is 6.07 Å². The molecule has 2 fully saturated rings. The SMILES string of the molecule is CCN(C(=O)CN1C(=O)S/C(=C\c2cccs2)C1=O)[C@H]1CCS(=O)(=O)C1. The van der Waals surface area contributed by atoms with Gasteiger partial charge in [-0.2, -0.15) is 0 Å². The quantitative estimate of drug-likeness (QED) is 0.683. The first-order chi connectivity index (χ1) is 12.3. The molecular weight excluding hydrogens is 396 g/mol. The first kappa shape index (κ1) is 19.1. The van der Waals surface area contributed by atoms with Crippen molar-refractivity contribution in [3.05, 3.63) is 27.3 Å². The van der Waals surface area contributed by atoms with E-state index in [4.69, 9.17) is 0 Å². The van der Waals surface area contributed by atoms with Crippen LogP contribution < -0.4 is 0 Å². The van der Waals surface area contributed by atoms with E-state index in [0.29, 0.717) is 13.0 Å². The third-order valence-electron chi connectivity index (χ3n) is 4.29. The first-order valence-electron chi connectivity index (χ1n) is 8.09. The minimum absolute atomic E-state index is 0.0621. The molecule has 3 rings (SSSR count). The molecule has 3 amide bonds. The Morgan fingerprint density at radius 2 is 2.19 bits per heavy atom. The molecule has 140 valence electrons. The van der Waals surface area contributed by atoms with Gasteiger partial charge in [0.1, 0.15) is 6.54 Å². The normalized spacial score (nSPS) is 23.8. The molecule has 0 unspecified atom stereocenters.